The number of aromatic carboxylic acids is 1. The van der Waals surface area contributed by atoms with Gasteiger partial charge in [-0.3, -0.25) is 4.79 Å². The fourth-order valence-electron chi connectivity index (χ4n) is 2.38. The molecular weight excluding hydrogens is 334 g/mol. The molecule has 5 heteroatoms. The second-order valence-corrected chi connectivity index (χ2v) is 6.14. The third-order valence-electron chi connectivity index (χ3n) is 3.55. The molecule has 0 spiro atoms. The Hall–Kier alpha value is -3.18. The lowest BCUT2D eigenvalue weighted by atomic mass is 10.0. The summed E-state index contributed by atoms with van der Waals surface area (Å²) < 4.78 is 0. The summed E-state index contributed by atoms with van der Waals surface area (Å²) in [5.41, 5.74) is 2.40. The summed E-state index contributed by atoms with van der Waals surface area (Å²) >= 11 is 1.20. The standard InChI is InChI=1S/C20H15NO3S/c22-17(12-11-14-7-3-1-4-8-14)21-19-18(20(23)24)16(13-25-19)15-9-5-2-6-10-15/h1-13H,(H,21,22)(H,23,24). The van der Waals surface area contributed by atoms with Gasteiger partial charge in [0.2, 0.25) is 5.91 Å². The van der Waals surface area contributed by atoms with Crippen molar-refractivity contribution >= 4 is 34.3 Å². The Morgan fingerprint density at radius 3 is 2.24 bits per heavy atom. The molecule has 0 radical (unpaired) electrons. The van der Waals surface area contributed by atoms with Crippen molar-refractivity contribution in [1.82, 2.24) is 0 Å². The van der Waals surface area contributed by atoms with E-state index in [1.165, 1.54) is 17.4 Å². The summed E-state index contributed by atoms with van der Waals surface area (Å²) in [7, 11) is 0. The van der Waals surface area contributed by atoms with E-state index >= 15 is 0 Å². The Labute approximate surface area is 149 Å². The highest BCUT2D eigenvalue weighted by atomic mass is 32.1. The van der Waals surface area contributed by atoms with Gasteiger partial charge >= 0.3 is 5.97 Å². The predicted molar refractivity (Wildman–Crippen MR) is 101 cm³/mol. The molecule has 0 saturated carbocycles. The van der Waals surface area contributed by atoms with Crippen LogP contribution in [-0.4, -0.2) is 17.0 Å². The van der Waals surface area contributed by atoms with Crippen LogP contribution in [0.15, 0.2) is 72.1 Å². The summed E-state index contributed by atoms with van der Waals surface area (Å²) in [6.07, 6.45) is 3.07. The van der Waals surface area contributed by atoms with Crippen LogP contribution in [0, 0.1) is 0 Å². The van der Waals surface area contributed by atoms with E-state index in [1.807, 2.05) is 60.7 Å². The summed E-state index contributed by atoms with van der Waals surface area (Å²) in [6.45, 7) is 0. The Bertz CT molecular complexity index is 915. The fourth-order valence-corrected chi connectivity index (χ4v) is 3.35. The van der Waals surface area contributed by atoms with Crippen LogP contribution in [0.25, 0.3) is 17.2 Å². The van der Waals surface area contributed by atoms with Gasteiger partial charge < -0.3 is 10.4 Å². The number of benzene rings is 2. The lowest BCUT2D eigenvalue weighted by Crippen LogP contribution is -2.10. The topological polar surface area (TPSA) is 66.4 Å². The van der Waals surface area contributed by atoms with Gasteiger partial charge in [-0.05, 0) is 17.2 Å². The Morgan fingerprint density at radius 2 is 1.60 bits per heavy atom. The van der Waals surface area contributed by atoms with E-state index in [2.05, 4.69) is 5.32 Å². The largest absolute Gasteiger partial charge is 0.478 e. The molecule has 0 atom stereocenters. The Balaban J connectivity index is 1.83. The second-order valence-electron chi connectivity index (χ2n) is 5.26. The van der Waals surface area contributed by atoms with Crippen LogP contribution in [-0.2, 0) is 4.79 Å². The molecule has 3 rings (SSSR count). The number of nitrogens with one attached hydrogen (secondary N) is 1. The number of carbonyl (C=O) groups is 2. The van der Waals surface area contributed by atoms with Gasteiger partial charge in [0.05, 0.1) is 0 Å². The van der Waals surface area contributed by atoms with E-state index in [0.717, 1.165) is 11.1 Å². The van der Waals surface area contributed by atoms with Crippen LogP contribution < -0.4 is 5.32 Å². The number of thiophene rings is 1. The normalized spacial score (nSPS) is 10.7. The van der Waals surface area contributed by atoms with Crippen molar-refractivity contribution in [1.29, 1.82) is 0 Å². The molecule has 0 aliphatic heterocycles. The van der Waals surface area contributed by atoms with Crippen LogP contribution in [0.3, 0.4) is 0 Å². The fraction of sp³-hybridized carbons (Fsp3) is 0. The zero-order valence-corrected chi connectivity index (χ0v) is 14.0. The molecule has 1 heterocycles. The molecule has 3 aromatic rings. The van der Waals surface area contributed by atoms with Crippen LogP contribution in [0.4, 0.5) is 5.00 Å². The van der Waals surface area contributed by atoms with E-state index < -0.39 is 5.97 Å². The maximum absolute atomic E-state index is 12.1. The summed E-state index contributed by atoms with van der Waals surface area (Å²) in [6, 6.07) is 18.7. The molecule has 2 N–H and O–H groups in total. The second kappa shape index (κ2) is 7.59. The predicted octanol–water partition coefficient (Wildman–Crippen LogP) is 4.77. The molecule has 25 heavy (non-hydrogen) atoms. The minimum absolute atomic E-state index is 0.109. The van der Waals surface area contributed by atoms with Crippen molar-refractivity contribution in [3.05, 3.63) is 83.2 Å². The molecule has 124 valence electrons. The van der Waals surface area contributed by atoms with Crippen LogP contribution in [0.1, 0.15) is 15.9 Å². The van der Waals surface area contributed by atoms with Gasteiger partial charge in [-0.15, -0.1) is 11.3 Å². The number of amides is 1. The van der Waals surface area contributed by atoms with E-state index in [4.69, 9.17) is 0 Å². The number of rotatable bonds is 5. The first-order valence-electron chi connectivity index (χ1n) is 7.59. The summed E-state index contributed by atoms with van der Waals surface area (Å²) in [4.78, 5) is 23.8. The Kier molecular flexibility index (Phi) is 5.06. The number of carboxylic acids is 1. The van der Waals surface area contributed by atoms with Crippen molar-refractivity contribution < 1.29 is 14.7 Å². The maximum atomic E-state index is 12.1. The molecule has 0 saturated heterocycles. The molecule has 4 nitrogen and oxygen atoms in total. The molecule has 1 aromatic heterocycles. The molecule has 0 bridgehead atoms. The average molecular weight is 349 g/mol. The minimum Gasteiger partial charge on any atom is -0.478 e. The number of carbonyl (C=O) groups excluding carboxylic acids is 1. The highest BCUT2D eigenvalue weighted by molar-refractivity contribution is 7.15. The van der Waals surface area contributed by atoms with E-state index in [-0.39, 0.29) is 11.5 Å². The molecule has 2 aromatic carbocycles. The smallest absolute Gasteiger partial charge is 0.339 e. The monoisotopic (exact) mass is 349 g/mol. The summed E-state index contributed by atoms with van der Waals surface area (Å²) in [5.74, 6) is -1.43. The van der Waals surface area contributed by atoms with Crippen molar-refractivity contribution in [2.45, 2.75) is 0 Å². The number of carboxylic acid groups (broad SMARTS) is 1. The van der Waals surface area contributed by atoms with E-state index in [9.17, 15) is 14.7 Å². The number of hydrogen-bond acceptors (Lipinski definition) is 3. The molecule has 0 aliphatic rings. The van der Waals surface area contributed by atoms with E-state index in [0.29, 0.717) is 10.6 Å². The number of anilines is 1. The number of hydrogen-bond donors (Lipinski definition) is 2. The van der Waals surface area contributed by atoms with E-state index in [1.54, 1.807) is 11.5 Å². The first-order chi connectivity index (χ1) is 12.1. The summed E-state index contributed by atoms with van der Waals surface area (Å²) in [5, 5.41) is 14.3. The van der Waals surface area contributed by atoms with Gasteiger partial charge in [0.15, 0.2) is 0 Å². The lowest BCUT2D eigenvalue weighted by molar-refractivity contribution is -0.111. The molecule has 1 amide bonds. The van der Waals surface area contributed by atoms with Gasteiger partial charge in [-0.25, -0.2) is 4.79 Å². The highest BCUT2D eigenvalue weighted by Gasteiger charge is 2.20. The van der Waals surface area contributed by atoms with Gasteiger partial charge in [-0.2, -0.15) is 0 Å². The average Bonchev–Trinajstić information content (AvgIpc) is 3.05. The Morgan fingerprint density at radius 1 is 0.960 bits per heavy atom. The van der Waals surface area contributed by atoms with Gasteiger partial charge in [0.1, 0.15) is 10.6 Å². The highest BCUT2D eigenvalue weighted by Crippen LogP contribution is 2.35. The van der Waals surface area contributed by atoms with Crippen molar-refractivity contribution in [3.63, 3.8) is 0 Å². The van der Waals surface area contributed by atoms with Crippen molar-refractivity contribution in [3.8, 4) is 11.1 Å². The maximum Gasteiger partial charge on any atom is 0.339 e. The molecule has 0 aliphatic carbocycles. The molecular formula is C20H15NO3S. The molecule has 0 unspecified atom stereocenters. The van der Waals surface area contributed by atoms with Crippen molar-refractivity contribution in [2.75, 3.05) is 5.32 Å². The van der Waals surface area contributed by atoms with Gasteiger partial charge in [0, 0.05) is 17.0 Å². The first-order valence-corrected chi connectivity index (χ1v) is 8.47. The van der Waals surface area contributed by atoms with Crippen LogP contribution in [0.2, 0.25) is 0 Å². The van der Waals surface area contributed by atoms with Crippen molar-refractivity contribution in [2.24, 2.45) is 0 Å². The lowest BCUT2D eigenvalue weighted by Gasteiger charge is -2.04. The van der Waals surface area contributed by atoms with Crippen LogP contribution in [0.5, 0.6) is 0 Å². The minimum atomic E-state index is -1.07. The van der Waals surface area contributed by atoms with Gasteiger partial charge in [0.25, 0.3) is 0 Å². The SMILES string of the molecule is O=C(C=Cc1ccccc1)Nc1scc(-c2ccccc2)c1C(=O)O. The van der Waals surface area contributed by atoms with Gasteiger partial charge in [-0.1, -0.05) is 60.7 Å². The zero-order valence-electron chi connectivity index (χ0n) is 13.2. The third-order valence-corrected chi connectivity index (χ3v) is 4.45. The quantitative estimate of drug-likeness (QED) is 0.652. The third kappa shape index (κ3) is 4.02. The first kappa shape index (κ1) is 16.7. The zero-order chi connectivity index (χ0) is 17.6. The molecule has 0 fully saturated rings. The van der Waals surface area contributed by atoms with Crippen LogP contribution >= 0.6 is 11.3 Å².